The lowest BCUT2D eigenvalue weighted by Crippen LogP contribution is -2.42. The number of likely N-dealkylation sites (tertiary alicyclic amines) is 1. The fraction of sp³-hybridized carbons (Fsp3) is 0.524. The van der Waals surface area contributed by atoms with Gasteiger partial charge in [0, 0.05) is 11.6 Å². The lowest BCUT2D eigenvalue weighted by molar-refractivity contribution is -0.137. The van der Waals surface area contributed by atoms with Crippen molar-refractivity contribution in [3.8, 4) is 11.3 Å². The second kappa shape index (κ2) is 8.57. The normalized spacial score (nSPS) is 18.9. The van der Waals surface area contributed by atoms with Gasteiger partial charge in [0.25, 0.3) is 0 Å². The Morgan fingerprint density at radius 3 is 2.79 bits per heavy atom. The molecule has 0 unspecified atom stereocenters. The molecule has 1 aliphatic heterocycles. The molecule has 1 aliphatic rings. The number of carbonyl (C=O) groups is 1. The number of aromatic amines is 1. The maximum atomic E-state index is 13.0. The van der Waals surface area contributed by atoms with Gasteiger partial charge in [-0.3, -0.25) is 9.69 Å². The molecule has 0 saturated carbocycles. The molecule has 0 radical (unpaired) electrons. The fourth-order valence-electron chi connectivity index (χ4n) is 3.49. The SMILES string of the molecule is CC(C)[C@H](C)NC(=O)CN1CCC[C@@H]1c1ncc(-c2cccc(C(F)(F)F)c2)[nH]1. The number of carbonyl (C=O) groups excluding carboxylic acids is 1. The van der Waals surface area contributed by atoms with Crippen LogP contribution in [0.2, 0.25) is 0 Å². The predicted molar refractivity (Wildman–Crippen MR) is 105 cm³/mol. The molecule has 2 N–H and O–H groups in total. The third-order valence-corrected chi connectivity index (χ3v) is 5.51. The summed E-state index contributed by atoms with van der Waals surface area (Å²) in [6.07, 6.45) is -1.04. The topological polar surface area (TPSA) is 61.0 Å². The molecule has 158 valence electrons. The van der Waals surface area contributed by atoms with Gasteiger partial charge in [-0.05, 0) is 44.4 Å². The molecule has 1 aromatic carbocycles. The number of nitrogens with zero attached hydrogens (tertiary/aromatic N) is 2. The first kappa shape index (κ1) is 21.4. The molecule has 0 spiro atoms. The lowest BCUT2D eigenvalue weighted by Gasteiger charge is -2.24. The largest absolute Gasteiger partial charge is 0.416 e. The third-order valence-electron chi connectivity index (χ3n) is 5.51. The van der Waals surface area contributed by atoms with Crippen molar-refractivity contribution >= 4 is 5.91 Å². The number of hydrogen-bond donors (Lipinski definition) is 2. The van der Waals surface area contributed by atoms with E-state index in [0.717, 1.165) is 31.5 Å². The van der Waals surface area contributed by atoms with Crippen molar-refractivity contribution in [1.29, 1.82) is 0 Å². The number of amides is 1. The van der Waals surface area contributed by atoms with Crippen LogP contribution in [0.15, 0.2) is 30.5 Å². The number of hydrogen-bond acceptors (Lipinski definition) is 3. The van der Waals surface area contributed by atoms with Crippen molar-refractivity contribution in [2.45, 2.75) is 51.9 Å². The number of imidazole rings is 1. The number of halogens is 3. The lowest BCUT2D eigenvalue weighted by atomic mass is 10.1. The third kappa shape index (κ3) is 5.18. The van der Waals surface area contributed by atoms with Gasteiger partial charge in [0.2, 0.25) is 5.91 Å². The molecule has 29 heavy (non-hydrogen) atoms. The van der Waals surface area contributed by atoms with E-state index in [2.05, 4.69) is 34.0 Å². The van der Waals surface area contributed by atoms with Crippen LogP contribution >= 0.6 is 0 Å². The summed E-state index contributed by atoms with van der Waals surface area (Å²) in [5.41, 5.74) is 0.284. The van der Waals surface area contributed by atoms with Crippen molar-refractivity contribution in [3.63, 3.8) is 0 Å². The Labute approximate surface area is 168 Å². The highest BCUT2D eigenvalue weighted by Gasteiger charge is 2.32. The summed E-state index contributed by atoms with van der Waals surface area (Å²) in [6, 6.07) is 5.23. The van der Waals surface area contributed by atoms with Gasteiger partial charge in [-0.2, -0.15) is 13.2 Å². The number of alkyl halides is 3. The zero-order valence-corrected chi connectivity index (χ0v) is 16.9. The highest BCUT2D eigenvalue weighted by molar-refractivity contribution is 5.78. The van der Waals surface area contributed by atoms with E-state index >= 15 is 0 Å². The zero-order valence-electron chi connectivity index (χ0n) is 16.9. The first-order valence-corrected chi connectivity index (χ1v) is 9.91. The van der Waals surface area contributed by atoms with Crippen molar-refractivity contribution in [2.24, 2.45) is 5.92 Å². The summed E-state index contributed by atoms with van der Waals surface area (Å²) in [6.45, 7) is 7.16. The smallest absolute Gasteiger partial charge is 0.352 e. The van der Waals surface area contributed by atoms with Crippen LogP contribution in [0, 0.1) is 5.92 Å². The maximum absolute atomic E-state index is 13.0. The maximum Gasteiger partial charge on any atom is 0.416 e. The number of aromatic nitrogens is 2. The van der Waals surface area contributed by atoms with Crippen LogP contribution in [0.25, 0.3) is 11.3 Å². The Bertz CT molecular complexity index is 846. The van der Waals surface area contributed by atoms with Gasteiger partial charge in [-0.15, -0.1) is 0 Å². The minimum atomic E-state index is -4.39. The molecule has 3 rings (SSSR count). The first-order valence-electron chi connectivity index (χ1n) is 9.91. The Hall–Kier alpha value is -2.35. The summed E-state index contributed by atoms with van der Waals surface area (Å²) in [5, 5.41) is 3.01. The molecule has 2 heterocycles. The van der Waals surface area contributed by atoms with Crippen LogP contribution in [0.5, 0.6) is 0 Å². The van der Waals surface area contributed by atoms with E-state index in [-0.39, 0.29) is 24.5 Å². The Morgan fingerprint density at radius 2 is 2.10 bits per heavy atom. The van der Waals surface area contributed by atoms with Gasteiger partial charge in [0.05, 0.1) is 30.0 Å². The van der Waals surface area contributed by atoms with E-state index in [1.807, 2.05) is 6.92 Å². The molecular weight excluding hydrogens is 381 g/mol. The Kier molecular flexibility index (Phi) is 6.31. The Morgan fingerprint density at radius 1 is 1.34 bits per heavy atom. The highest BCUT2D eigenvalue weighted by Crippen LogP contribution is 2.34. The number of nitrogens with one attached hydrogen (secondary N) is 2. The van der Waals surface area contributed by atoms with E-state index in [1.54, 1.807) is 12.3 Å². The quantitative estimate of drug-likeness (QED) is 0.745. The van der Waals surface area contributed by atoms with Crippen LogP contribution in [0.4, 0.5) is 13.2 Å². The van der Waals surface area contributed by atoms with Gasteiger partial charge in [0.15, 0.2) is 0 Å². The molecule has 1 fully saturated rings. The standard InChI is InChI=1S/C21H27F3N4O/c1-13(2)14(3)26-19(29)12-28-9-5-8-18(28)20-25-11-17(27-20)15-6-4-7-16(10-15)21(22,23)24/h4,6-7,10-11,13-14,18H,5,8-9,12H2,1-3H3,(H,25,27)(H,26,29)/t14-,18+/m0/s1. The molecule has 8 heteroatoms. The van der Waals surface area contributed by atoms with Gasteiger partial charge in [-0.25, -0.2) is 4.98 Å². The fourth-order valence-corrected chi connectivity index (χ4v) is 3.49. The predicted octanol–water partition coefficient (Wildman–Crippen LogP) is 4.39. The van der Waals surface area contributed by atoms with Crippen LogP contribution in [-0.4, -0.2) is 39.9 Å². The second-order valence-electron chi connectivity index (χ2n) is 7.99. The van der Waals surface area contributed by atoms with Gasteiger partial charge >= 0.3 is 6.18 Å². The van der Waals surface area contributed by atoms with Crippen LogP contribution in [0.1, 0.15) is 51.0 Å². The van der Waals surface area contributed by atoms with Gasteiger partial charge in [0.1, 0.15) is 5.82 Å². The van der Waals surface area contributed by atoms with Crippen molar-refractivity contribution in [2.75, 3.05) is 13.1 Å². The van der Waals surface area contributed by atoms with E-state index in [1.165, 1.54) is 6.07 Å². The van der Waals surface area contributed by atoms with Crippen LogP contribution < -0.4 is 5.32 Å². The molecule has 1 amide bonds. The molecule has 0 bridgehead atoms. The van der Waals surface area contributed by atoms with Gasteiger partial charge < -0.3 is 10.3 Å². The summed E-state index contributed by atoms with van der Waals surface area (Å²) in [7, 11) is 0. The van der Waals surface area contributed by atoms with E-state index in [0.29, 0.717) is 23.0 Å². The summed E-state index contributed by atoms with van der Waals surface area (Å²) < 4.78 is 38.9. The molecule has 2 atom stereocenters. The van der Waals surface area contributed by atoms with E-state index in [9.17, 15) is 18.0 Å². The summed E-state index contributed by atoms with van der Waals surface area (Å²) in [4.78, 5) is 22.0. The second-order valence-corrected chi connectivity index (χ2v) is 7.99. The average molecular weight is 408 g/mol. The first-order chi connectivity index (χ1) is 13.6. The molecular formula is C21H27F3N4O. The summed E-state index contributed by atoms with van der Waals surface area (Å²) in [5.74, 6) is 1.01. The minimum Gasteiger partial charge on any atom is -0.352 e. The van der Waals surface area contributed by atoms with Crippen molar-refractivity contribution in [1.82, 2.24) is 20.2 Å². The monoisotopic (exact) mass is 408 g/mol. The molecule has 1 saturated heterocycles. The van der Waals surface area contributed by atoms with Crippen molar-refractivity contribution < 1.29 is 18.0 Å². The van der Waals surface area contributed by atoms with E-state index < -0.39 is 11.7 Å². The van der Waals surface area contributed by atoms with Gasteiger partial charge in [-0.1, -0.05) is 26.0 Å². The Balaban J connectivity index is 1.72. The molecule has 2 aromatic rings. The highest BCUT2D eigenvalue weighted by atomic mass is 19.4. The number of benzene rings is 1. The average Bonchev–Trinajstić information content (AvgIpc) is 3.30. The number of rotatable bonds is 6. The minimum absolute atomic E-state index is 0.0252. The van der Waals surface area contributed by atoms with E-state index in [4.69, 9.17) is 0 Å². The number of H-pyrrole nitrogens is 1. The molecule has 1 aromatic heterocycles. The molecule has 0 aliphatic carbocycles. The zero-order chi connectivity index (χ0) is 21.2. The van der Waals surface area contributed by atoms with Crippen LogP contribution in [-0.2, 0) is 11.0 Å². The molecule has 5 nitrogen and oxygen atoms in total. The van der Waals surface area contributed by atoms with Crippen molar-refractivity contribution in [3.05, 3.63) is 41.9 Å². The van der Waals surface area contributed by atoms with Crippen LogP contribution in [0.3, 0.4) is 0 Å². The summed E-state index contributed by atoms with van der Waals surface area (Å²) >= 11 is 0.